The summed E-state index contributed by atoms with van der Waals surface area (Å²) in [5.74, 6) is 1.17. The fraction of sp³-hybridized carbons (Fsp3) is 0.222. The predicted octanol–water partition coefficient (Wildman–Crippen LogP) is 2.94. The second-order valence-electron chi connectivity index (χ2n) is 5.76. The number of benzene rings is 2. The molecule has 0 unspecified atom stereocenters. The van der Waals surface area contributed by atoms with E-state index in [4.69, 9.17) is 9.47 Å². The van der Waals surface area contributed by atoms with Crippen LogP contribution in [0.5, 0.6) is 11.5 Å². The quantitative estimate of drug-likeness (QED) is 0.615. The predicted molar refractivity (Wildman–Crippen MR) is 100 cm³/mol. The van der Waals surface area contributed by atoms with Crippen molar-refractivity contribution in [2.45, 2.75) is 6.42 Å². The monoisotopic (exact) mass is 403 g/mol. The number of nitrogens with one attached hydrogen (secondary N) is 1. The van der Waals surface area contributed by atoms with Crippen LogP contribution in [0.25, 0.3) is 0 Å². The third kappa shape index (κ3) is 4.30. The Morgan fingerprint density at radius 2 is 2.04 bits per heavy atom. The van der Waals surface area contributed by atoms with Gasteiger partial charge in [0.2, 0.25) is 12.7 Å². The number of amides is 1. The van der Waals surface area contributed by atoms with E-state index < -0.39 is 0 Å². The van der Waals surface area contributed by atoms with E-state index in [2.05, 4.69) is 26.5 Å². The van der Waals surface area contributed by atoms with Crippen LogP contribution < -0.4 is 19.8 Å². The fourth-order valence-corrected chi connectivity index (χ4v) is 3.17. The summed E-state index contributed by atoms with van der Waals surface area (Å²) >= 11 is 3.52. The van der Waals surface area contributed by atoms with Crippen LogP contribution in [0.15, 0.2) is 46.0 Å². The molecule has 0 saturated heterocycles. The molecule has 0 saturated carbocycles. The number of rotatable bonds is 5. The van der Waals surface area contributed by atoms with E-state index in [1.165, 1.54) is 0 Å². The zero-order valence-corrected chi connectivity index (χ0v) is 15.5. The van der Waals surface area contributed by atoms with E-state index in [1.54, 1.807) is 12.3 Å². The van der Waals surface area contributed by atoms with E-state index >= 15 is 0 Å². The molecule has 0 bridgehead atoms. The van der Waals surface area contributed by atoms with Crippen LogP contribution in [0.3, 0.4) is 0 Å². The Morgan fingerprint density at radius 1 is 1.24 bits per heavy atom. The lowest BCUT2D eigenvalue weighted by molar-refractivity contribution is -0.120. The summed E-state index contributed by atoms with van der Waals surface area (Å²) in [7, 11) is 3.95. The Morgan fingerprint density at radius 3 is 2.80 bits per heavy atom. The van der Waals surface area contributed by atoms with Crippen LogP contribution in [0.2, 0.25) is 0 Å². The molecule has 6 nitrogen and oxygen atoms in total. The highest BCUT2D eigenvalue weighted by molar-refractivity contribution is 9.10. The Kier molecular flexibility index (Phi) is 5.23. The van der Waals surface area contributed by atoms with Crippen LogP contribution in [0.4, 0.5) is 5.69 Å². The Hall–Kier alpha value is -2.54. The Bertz CT molecular complexity index is 821. The van der Waals surface area contributed by atoms with Gasteiger partial charge in [0.25, 0.3) is 0 Å². The van der Waals surface area contributed by atoms with E-state index in [1.807, 2.05) is 49.3 Å². The molecule has 25 heavy (non-hydrogen) atoms. The highest BCUT2D eigenvalue weighted by Crippen LogP contribution is 2.32. The molecule has 0 aromatic heterocycles. The number of ether oxygens (including phenoxy) is 2. The molecule has 7 heteroatoms. The minimum absolute atomic E-state index is 0.195. The number of fused-ring (bicyclic) bond motifs is 1. The number of hydrazone groups is 1. The molecule has 1 aliphatic rings. The first-order chi connectivity index (χ1) is 12.0. The first kappa shape index (κ1) is 17.3. The summed E-state index contributed by atoms with van der Waals surface area (Å²) in [6.07, 6.45) is 1.83. The molecule has 1 N–H and O–H groups in total. The number of carbonyl (C=O) groups is 1. The highest BCUT2D eigenvalue weighted by Gasteiger charge is 2.14. The SMILES string of the molecule is CN(C)c1ccc(/C=N\NC(=O)Cc2ccc3c(c2)OCO3)cc1Br. The van der Waals surface area contributed by atoms with Gasteiger partial charge in [-0.05, 0) is 51.3 Å². The van der Waals surface area contributed by atoms with Crippen LogP contribution >= 0.6 is 15.9 Å². The highest BCUT2D eigenvalue weighted by atomic mass is 79.9. The first-order valence-corrected chi connectivity index (χ1v) is 8.49. The summed E-state index contributed by atoms with van der Waals surface area (Å²) in [5.41, 5.74) is 5.34. The molecule has 1 heterocycles. The normalized spacial score (nSPS) is 12.4. The van der Waals surface area contributed by atoms with Crippen molar-refractivity contribution >= 4 is 33.7 Å². The number of halogens is 1. The Labute approximate surface area is 154 Å². The van der Waals surface area contributed by atoms with Crippen molar-refractivity contribution in [2.24, 2.45) is 5.10 Å². The van der Waals surface area contributed by atoms with Gasteiger partial charge in [-0.25, -0.2) is 5.43 Å². The standard InChI is InChI=1S/C18H18BrN3O3/c1-22(2)15-5-3-13(7-14(15)19)10-20-21-18(23)9-12-4-6-16-17(8-12)25-11-24-16/h3-8,10H,9,11H2,1-2H3,(H,21,23)/b20-10-. The van der Waals surface area contributed by atoms with Crippen LogP contribution in [-0.2, 0) is 11.2 Å². The molecule has 0 aliphatic carbocycles. The van der Waals surface area contributed by atoms with E-state index in [0.717, 1.165) is 21.3 Å². The summed E-state index contributed by atoms with van der Waals surface area (Å²) < 4.78 is 11.5. The molecule has 1 aliphatic heterocycles. The second-order valence-corrected chi connectivity index (χ2v) is 6.62. The molecular formula is C18H18BrN3O3. The van der Waals surface area contributed by atoms with Crippen molar-refractivity contribution in [1.82, 2.24) is 5.43 Å². The lowest BCUT2D eigenvalue weighted by Gasteiger charge is -2.14. The molecule has 2 aromatic rings. The van der Waals surface area contributed by atoms with Gasteiger partial charge in [-0.1, -0.05) is 12.1 Å². The molecular weight excluding hydrogens is 386 g/mol. The minimum atomic E-state index is -0.195. The van der Waals surface area contributed by atoms with Crippen molar-refractivity contribution in [3.05, 3.63) is 52.0 Å². The molecule has 0 atom stereocenters. The lowest BCUT2D eigenvalue weighted by Crippen LogP contribution is -2.19. The smallest absolute Gasteiger partial charge is 0.244 e. The number of anilines is 1. The largest absolute Gasteiger partial charge is 0.454 e. The van der Waals surface area contributed by atoms with Gasteiger partial charge in [0.15, 0.2) is 11.5 Å². The molecule has 0 radical (unpaired) electrons. The minimum Gasteiger partial charge on any atom is -0.454 e. The van der Waals surface area contributed by atoms with E-state index in [9.17, 15) is 4.79 Å². The van der Waals surface area contributed by atoms with Crippen molar-refractivity contribution in [3.8, 4) is 11.5 Å². The van der Waals surface area contributed by atoms with Gasteiger partial charge >= 0.3 is 0 Å². The van der Waals surface area contributed by atoms with Crippen molar-refractivity contribution in [3.63, 3.8) is 0 Å². The van der Waals surface area contributed by atoms with Crippen LogP contribution in [-0.4, -0.2) is 33.0 Å². The number of hydrogen-bond acceptors (Lipinski definition) is 5. The summed E-state index contributed by atoms with van der Waals surface area (Å²) in [4.78, 5) is 14.0. The Balaban J connectivity index is 1.57. The first-order valence-electron chi connectivity index (χ1n) is 7.70. The van der Waals surface area contributed by atoms with Gasteiger partial charge in [-0.3, -0.25) is 4.79 Å². The maximum atomic E-state index is 12.0. The molecule has 2 aromatic carbocycles. The van der Waals surface area contributed by atoms with Gasteiger partial charge < -0.3 is 14.4 Å². The average molecular weight is 404 g/mol. The van der Waals surface area contributed by atoms with Crippen LogP contribution in [0, 0.1) is 0 Å². The van der Waals surface area contributed by atoms with Crippen LogP contribution in [0.1, 0.15) is 11.1 Å². The van der Waals surface area contributed by atoms with Gasteiger partial charge in [0, 0.05) is 18.6 Å². The molecule has 0 fully saturated rings. The number of carbonyl (C=O) groups excluding carboxylic acids is 1. The zero-order chi connectivity index (χ0) is 17.8. The number of hydrogen-bond donors (Lipinski definition) is 1. The van der Waals surface area contributed by atoms with Gasteiger partial charge in [0.05, 0.1) is 18.3 Å². The van der Waals surface area contributed by atoms with Crippen molar-refractivity contribution < 1.29 is 14.3 Å². The lowest BCUT2D eigenvalue weighted by atomic mass is 10.1. The molecule has 0 spiro atoms. The second kappa shape index (κ2) is 7.57. The topological polar surface area (TPSA) is 63.2 Å². The zero-order valence-electron chi connectivity index (χ0n) is 14.0. The van der Waals surface area contributed by atoms with Gasteiger partial charge in [-0.2, -0.15) is 5.10 Å². The summed E-state index contributed by atoms with van der Waals surface area (Å²) in [6, 6.07) is 11.3. The summed E-state index contributed by atoms with van der Waals surface area (Å²) in [5, 5.41) is 4.01. The third-order valence-electron chi connectivity index (χ3n) is 3.66. The van der Waals surface area contributed by atoms with E-state index in [-0.39, 0.29) is 19.1 Å². The fourth-order valence-electron chi connectivity index (χ4n) is 2.42. The van der Waals surface area contributed by atoms with Gasteiger partial charge in [0.1, 0.15) is 0 Å². The maximum absolute atomic E-state index is 12.0. The van der Waals surface area contributed by atoms with Crippen molar-refractivity contribution in [2.75, 3.05) is 25.8 Å². The van der Waals surface area contributed by atoms with Gasteiger partial charge in [-0.15, -0.1) is 0 Å². The number of nitrogens with zero attached hydrogens (tertiary/aromatic N) is 2. The maximum Gasteiger partial charge on any atom is 0.244 e. The van der Waals surface area contributed by atoms with E-state index in [0.29, 0.717) is 11.5 Å². The molecule has 1 amide bonds. The summed E-state index contributed by atoms with van der Waals surface area (Å²) in [6.45, 7) is 0.220. The molecule has 130 valence electrons. The van der Waals surface area contributed by atoms with Crippen molar-refractivity contribution in [1.29, 1.82) is 0 Å². The third-order valence-corrected chi connectivity index (χ3v) is 4.29. The average Bonchev–Trinajstić information content (AvgIpc) is 3.02. The molecule has 3 rings (SSSR count).